The number of allylic oxidation sites excluding steroid dienone is 1. The highest BCUT2D eigenvalue weighted by Gasteiger charge is 2.12. The van der Waals surface area contributed by atoms with Crippen molar-refractivity contribution in [2.45, 2.75) is 6.92 Å². The van der Waals surface area contributed by atoms with Crippen LogP contribution in [0.5, 0.6) is 0 Å². The Hall–Kier alpha value is -3.61. The van der Waals surface area contributed by atoms with Crippen molar-refractivity contribution in [1.29, 1.82) is 0 Å². The number of alkyl halides is 1. The van der Waals surface area contributed by atoms with E-state index in [1.54, 1.807) is 30.3 Å². The van der Waals surface area contributed by atoms with E-state index in [2.05, 4.69) is 15.6 Å². The van der Waals surface area contributed by atoms with Gasteiger partial charge in [-0.2, -0.15) is 0 Å². The number of amides is 2. The fraction of sp³-hybridized carbons (Fsp3) is 0.115. The number of hydrogen-bond donors (Lipinski definition) is 2. The number of benzene rings is 3. The number of rotatable bonds is 6. The van der Waals surface area contributed by atoms with Crippen LogP contribution in [0.4, 0.5) is 11.4 Å². The van der Waals surface area contributed by atoms with Crippen molar-refractivity contribution in [1.82, 2.24) is 9.55 Å². The third-order valence-corrected chi connectivity index (χ3v) is 5.89. The summed E-state index contributed by atoms with van der Waals surface area (Å²) in [4.78, 5) is 29.1. The van der Waals surface area contributed by atoms with Gasteiger partial charge in [-0.25, -0.2) is 4.98 Å². The minimum absolute atomic E-state index is 0.261. The molecule has 0 fully saturated rings. The Balaban J connectivity index is 1.51. The minimum Gasteiger partial charge on any atom is -0.331 e. The number of fused-ring (bicyclic) bond motifs is 1. The summed E-state index contributed by atoms with van der Waals surface area (Å²) in [7, 11) is 1.95. The molecule has 172 valence electrons. The quantitative estimate of drug-likeness (QED) is 0.249. The van der Waals surface area contributed by atoms with Crippen LogP contribution >= 0.6 is 23.2 Å². The molecule has 8 heteroatoms. The number of nitrogens with one attached hydrogen (secondary N) is 2. The molecule has 0 radical (unpaired) electrons. The van der Waals surface area contributed by atoms with Gasteiger partial charge < -0.3 is 15.2 Å². The largest absolute Gasteiger partial charge is 0.331 e. The predicted octanol–water partition coefficient (Wildman–Crippen LogP) is 6.19. The highest BCUT2D eigenvalue weighted by molar-refractivity contribution is 6.34. The molecule has 34 heavy (non-hydrogen) atoms. The Morgan fingerprint density at radius 2 is 1.79 bits per heavy atom. The van der Waals surface area contributed by atoms with Crippen molar-refractivity contribution in [2.75, 3.05) is 16.5 Å². The van der Waals surface area contributed by atoms with Gasteiger partial charge in [0.1, 0.15) is 5.82 Å². The normalized spacial score (nSPS) is 11.2. The van der Waals surface area contributed by atoms with Crippen molar-refractivity contribution in [3.05, 3.63) is 89.2 Å². The van der Waals surface area contributed by atoms with Gasteiger partial charge in [-0.1, -0.05) is 29.8 Å². The molecular weight excluding hydrogens is 471 g/mol. The fourth-order valence-corrected chi connectivity index (χ4v) is 3.92. The van der Waals surface area contributed by atoms with Crippen LogP contribution < -0.4 is 10.6 Å². The van der Waals surface area contributed by atoms with E-state index in [4.69, 9.17) is 23.2 Å². The van der Waals surface area contributed by atoms with Crippen molar-refractivity contribution in [2.24, 2.45) is 7.05 Å². The lowest BCUT2D eigenvalue weighted by Gasteiger charge is -2.10. The van der Waals surface area contributed by atoms with Crippen LogP contribution in [0.1, 0.15) is 16.2 Å². The lowest BCUT2D eigenvalue weighted by Crippen LogP contribution is -2.12. The molecular formula is C26H22Cl2N4O2. The van der Waals surface area contributed by atoms with Crippen LogP contribution in [0, 0.1) is 6.92 Å². The molecule has 0 bridgehead atoms. The van der Waals surface area contributed by atoms with Gasteiger partial charge in [-0.3, -0.25) is 9.59 Å². The molecule has 1 aromatic heterocycles. The molecule has 0 saturated heterocycles. The Labute approximate surface area is 207 Å². The van der Waals surface area contributed by atoms with Crippen molar-refractivity contribution in [3.63, 3.8) is 0 Å². The molecule has 3 aromatic carbocycles. The number of halogens is 2. The molecule has 0 saturated carbocycles. The van der Waals surface area contributed by atoms with E-state index < -0.39 is 0 Å². The average Bonchev–Trinajstić information content (AvgIpc) is 3.10. The lowest BCUT2D eigenvalue weighted by atomic mass is 10.0. The van der Waals surface area contributed by atoms with E-state index in [9.17, 15) is 9.59 Å². The zero-order chi connectivity index (χ0) is 24.2. The van der Waals surface area contributed by atoms with Crippen LogP contribution in [0.15, 0.2) is 72.8 Å². The molecule has 0 aliphatic rings. The number of imidazole rings is 1. The SMILES string of the molecule is Cc1nc2cc(-c3cccc(NC(=O)c4ccc(NC(=O)/C=C/CCl)cc4)c3)c(Cl)cc2n1C. The maximum atomic E-state index is 12.8. The molecule has 0 spiro atoms. The van der Waals surface area contributed by atoms with Crippen LogP contribution in [-0.2, 0) is 11.8 Å². The Morgan fingerprint density at radius 1 is 1.03 bits per heavy atom. The van der Waals surface area contributed by atoms with Crippen LogP contribution in [0.25, 0.3) is 22.2 Å². The summed E-state index contributed by atoms with van der Waals surface area (Å²) >= 11 is 12.1. The summed E-state index contributed by atoms with van der Waals surface area (Å²) in [6.45, 7) is 1.95. The molecule has 0 atom stereocenters. The first-order valence-electron chi connectivity index (χ1n) is 10.5. The monoisotopic (exact) mass is 492 g/mol. The second-order valence-electron chi connectivity index (χ2n) is 7.70. The third-order valence-electron chi connectivity index (χ3n) is 5.40. The van der Waals surface area contributed by atoms with Crippen LogP contribution in [-0.4, -0.2) is 27.2 Å². The first-order chi connectivity index (χ1) is 16.4. The van der Waals surface area contributed by atoms with Gasteiger partial charge >= 0.3 is 0 Å². The zero-order valence-electron chi connectivity index (χ0n) is 18.6. The maximum absolute atomic E-state index is 12.8. The average molecular weight is 493 g/mol. The second kappa shape index (κ2) is 10.1. The molecule has 4 rings (SSSR count). The van der Waals surface area contributed by atoms with E-state index in [0.29, 0.717) is 22.0 Å². The fourth-order valence-electron chi connectivity index (χ4n) is 3.56. The second-order valence-corrected chi connectivity index (χ2v) is 8.41. The summed E-state index contributed by atoms with van der Waals surface area (Å²) in [6, 6.07) is 18.0. The van der Waals surface area contributed by atoms with Gasteiger partial charge in [0.15, 0.2) is 0 Å². The number of aryl methyl sites for hydroxylation is 2. The number of hydrogen-bond acceptors (Lipinski definition) is 3. The smallest absolute Gasteiger partial charge is 0.255 e. The predicted molar refractivity (Wildman–Crippen MR) is 139 cm³/mol. The van der Waals surface area contributed by atoms with Crippen molar-refractivity contribution in [3.8, 4) is 11.1 Å². The highest BCUT2D eigenvalue weighted by atomic mass is 35.5. The third kappa shape index (κ3) is 5.14. The Kier molecular flexibility index (Phi) is 7.01. The maximum Gasteiger partial charge on any atom is 0.255 e. The summed E-state index contributed by atoms with van der Waals surface area (Å²) in [5.41, 5.74) is 5.22. The highest BCUT2D eigenvalue weighted by Crippen LogP contribution is 2.33. The van der Waals surface area contributed by atoms with Gasteiger partial charge in [-0.15, -0.1) is 11.6 Å². The first-order valence-corrected chi connectivity index (χ1v) is 11.4. The van der Waals surface area contributed by atoms with Crippen molar-refractivity contribution >= 4 is 57.4 Å². The van der Waals surface area contributed by atoms with Gasteiger partial charge in [-0.05, 0) is 61.0 Å². The van der Waals surface area contributed by atoms with Gasteiger partial charge in [0.2, 0.25) is 5.91 Å². The van der Waals surface area contributed by atoms with Crippen LogP contribution in [0.2, 0.25) is 5.02 Å². The van der Waals surface area contributed by atoms with E-state index in [1.165, 1.54) is 6.08 Å². The number of carbonyl (C=O) groups is 2. The van der Waals surface area contributed by atoms with Crippen molar-refractivity contribution < 1.29 is 9.59 Å². The van der Waals surface area contributed by atoms with E-state index in [0.717, 1.165) is 28.0 Å². The number of nitrogens with zero attached hydrogens (tertiary/aromatic N) is 2. The minimum atomic E-state index is -0.285. The van der Waals surface area contributed by atoms with Crippen LogP contribution in [0.3, 0.4) is 0 Å². The molecule has 2 N–H and O–H groups in total. The number of aromatic nitrogens is 2. The molecule has 0 unspecified atom stereocenters. The van der Waals surface area contributed by atoms with Gasteiger partial charge in [0.05, 0.1) is 16.1 Å². The zero-order valence-corrected chi connectivity index (χ0v) is 20.1. The summed E-state index contributed by atoms with van der Waals surface area (Å²) in [5.74, 6) is 0.616. The molecule has 6 nitrogen and oxygen atoms in total. The first kappa shape index (κ1) is 23.5. The molecule has 1 heterocycles. The van der Waals surface area contributed by atoms with E-state index >= 15 is 0 Å². The molecule has 0 aliphatic heterocycles. The molecule has 2 amide bonds. The molecule has 4 aromatic rings. The van der Waals surface area contributed by atoms with E-state index in [-0.39, 0.29) is 17.7 Å². The van der Waals surface area contributed by atoms with Gasteiger partial charge in [0, 0.05) is 41.5 Å². The summed E-state index contributed by atoms with van der Waals surface area (Å²) < 4.78 is 1.99. The Morgan fingerprint density at radius 3 is 2.53 bits per heavy atom. The number of anilines is 2. The van der Waals surface area contributed by atoms with Gasteiger partial charge in [0.25, 0.3) is 5.91 Å². The number of carbonyl (C=O) groups excluding carboxylic acids is 2. The Bertz CT molecular complexity index is 1410. The summed E-state index contributed by atoms with van der Waals surface area (Å²) in [6.07, 6.45) is 2.91. The standard InChI is InChI=1S/C26H22Cl2N4O2/c1-16-29-23-14-21(22(28)15-24(23)32(16)2)18-5-3-6-20(13-18)31-26(34)17-8-10-19(11-9-17)30-25(33)7-4-12-27/h3-11,13-15H,12H2,1-2H3,(H,30,33)(H,31,34)/b7-4+. The topological polar surface area (TPSA) is 76.0 Å². The summed E-state index contributed by atoms with van der Waals surface area (Å²) in [5, 5.41) is 6.23. The van der Waals surface area contributed by atoms with E-state index in [1.807, 2.05) is 54.9 Å². The lowest BCUT2D eigenvalue weighted by molar-refractivity contribution is -0.111. The molecule has 0 aliphatic carbocycles.